The van der Waals surface area contributed by atoms with Crippen LogP contribution in [0.1, 0.15) is 5.56 Å². The van der Waals surface area contributed by atoms with Crippen LogP contribution in [0.5, 0.6) is 0 Å². The summed E-state index contributed by atoms with van der Waals surface area (Å²) in [6.07, 6.45) is 1.72. The van der Waals surface area contributed by atoms with Gasteiger partial charge in [-0.2, -0.15) is 5.10 Å². The van der Waals surface area contributed by atoms with Gasteiger partial charge in [-0.05, 0) is 28.1 Å². The first kappa shape index (κ1) is 13.4. The van der Waals surface area contributed by atoms with Crippen LogP contribution in [0.3, 0.4) is 0 Å². The predicted molar refractivity (Wildman–Crippen MR) is 87.4 cm³/mol. The van der Waals surface area contributed by atoms with Gasteiger partial charge in [0.05, 0.1) is 23.0 Å². The van der Waals surface area contributed by atoms with E-state index >= 15 is 0 Å². The van der Waals surface area contributed by atoms with Gasteiger partial charge in [0.1, 0.15) is 5.69 Å². The summed E-state index contributed by atoms with van der Waals surface area (Å²) in [6, 6.07) is 7.98. The average Bonchev–Trinajstić information content (AvgIpc) is 3.11. The lowest BCUT2D eigenvalue weighted by molar-refractivity contribution is 0.186. The molecule has 0 saturated heterocycles. The third kappa shape index (κ3) is 2.10. The van der Waals surface area contributed by atoms with E-state index in [-0.39, 0.29) is 0 Å². The third-order valence-electron chi connectivity index (χ3n) is 3.51. The van der Waals surface area contributed by atoms with E-state index in [2.05, 4.69) is 36.1 Å². The highest BCUT2D eigenvalue weighted by Crippen LogP contribution is 2.28. The molecule has 0 saturated carbocycles. The average molecular weight is 358 g/mol. The summed E-state index contributed by atoms with van der Waals surface area (Å²) in [5.41, 5.74) is 4.41. The van der Waals surface area contributed by atoms with Crippen molar-refractivity contribution >= 4 is 38.0 Å². The minimum absolute atomic E-state index is 0.526. The first-order chi connectivity index (χ1) is 10.8. The number of fused-ring (bicyclic) bond motifs is 2. The molecule has 4 rings (SSSR count). The molecule has 0 aliphatic carbocycles. The molecule has 2 N–H and O–H groups in total. The monoisotopic (exact) mass is 357 g/mol. The Morgan fingerprint density at radius 3 is 3.09 bits per heavy atom. The molecule has 0 aliphatic heterocycles. The number of rotatable bonds is 3. The molecule has 110 valence electrons. The van der Waals surface area contributed by atoms with Crippen molar-refractivity contribution in [3.05, 3.63) is 40.5 Å². The molecule has 4 aromatic rings. The van der Waals surface area contributed by atoms with E-state index in [1.165, 1.54) is 0 Å². The summed E-state index contributed by atoms with van der Waals surface area (Å²) >= 11 is 3.44. The molecule has 0 radical (unpaired) electrons. The minimum Gasteiger partial charge on any atom is -0.380 e. The molecular formula is C15H12BrN5O. The number of para-hydroxylation sites is 1. The number of ether oxygens (including phenoxy) is 1. The highest BCUT2D eigenvalue weighted by Gasteiger charge is 2.14. The number of halogens is 1. The Morgan fingerprint density at radius 2 is 2.23 bits per heavy atom. The number of benzene rings is 1. The van der Waals surface area contributed by atoms with E-state index < -0.39 is 0 Å². The number of pyridine rings is 1. The van der Waals surface area contributed by atoms with Gasteiger partial charge in [-0.3, -0.25) is 5.10 Å². The van der Waals surface area contributed by atoms with E-state index in [0.717, 1.165) is 38.0 Å². The Kier molecular flexibility index (Phi) is 3.16. The Bertz CT molecular complexity index is 975. The number of methoxy groups -OCH3 is 1. The maximum atomic E-state index is 5.23. The predicted octanol–water partition coefficient (Wildman–Crippen LogP) is 3.41. The number of hydrogen-bond donors (Lipinski definition) is 2. The van der Waals surface area contributed by atoms with Crippen molar-refractivity contribution in [1.29, 1.82) is 0 Å². The van der Waals surface area contributed by atoms with E-state index in [4.69, 9.17) is 9.72 Å². The summed E-state index contributed by atoms with van der Waals surface area (Å²) in [5.74, 6) is 0.737. The number of hydrogen-bond acceptors (Lipinski definition) is 4. The molecule has 3 heterocycles. The smallest absolute Gasteiger partial charge is 0.181 e. The van der Waals surface area contributed by atoms with Crippen LogP contribution >= 0.6 is 15.9 Å². The van der Waals surface area contributed by atoms with Gasteiger partial charge in [0, 0.05) is 23.3 Å². The zero-order valence-electron chi connectivity index (χ0n) is 11.7. The Morgan fingerprint density at radius 1 is 1.32 bits per heavy atom. The second kappa shape index (κ2) is 5.19. The van der Waals surface area contributed by atoms with Gasteiger partial charge in [-0.15, -0.1) is 0 Å². The van der Waals surface area contributed by atoms with Gasteiger partial charge in [-0.1, -0.05) is 12.1 Å². The normalized spacial score (nSPS) is 11.5. The SMILES string of the molecule is COCc1cccc2[nH]c(-c3[nH]nc4ncc(Br)cc34)nc12. The maximum absolute atomic E-state index is 5.23. The van der Waals surface area contributed by atoms with Crippen molar-refractivity contribution in [1.82, 2.24) is 25.1 Å². The Labute approximate surface area is 134 Å². The van der Waals surface area contributed by atoms with Gasteiger partial charge in [0.2, 0.25) is 0 Å². The van der Waals surface area contributed by atoms with Crippen LogP contribution < -0.4 is 0 Å². The van der Waals surface area contributed by atoms with Crippen LogP contribution in [-0.4, -0.2) is 32.3 Å². The molecule has 3 aromatic heterocycles. The van der Waals surface area contributed by atoms with Gasteiger partial charge in [-0.25, -0.2) is 9.97 Å². The fourth-order valence-corrected chi connectivity index (χ4v) is 2.87. The highest BCUT2D eigenvalue weighted by atomic mass is 79.9. The van der Waals surface area contributed by atoms with Crippen LogP contribution in [0.2, 0.25) is 0 Å². The Hall–Kier alpha value is -2.25. The van der Waals surface area contributed by atoms with E-state index in [0.29, 0.717) is 12.3 Å². The maximum Gasteiger partial charge on any atom is 0.181 e. The number of nitrogens with zero attached hydrogens (tertiary/aromatic N) is 3. The number of H-pyrrole nitrogens is 2. The number of nitrogens with one attached hydrogen (secondary N) is 2. The van der Waals surface area contributed by atoms with Crippen LogP contribution in [0.4, 0.5) is 0 Å². The molecule has 0 amide bonds. The lowest BCUT2D eigenvalue weighted by atomic mass is 10.2. The molecular weight excluding hydrogens is 346 g/mol. The number of imidazole rings is 1. The van der Waals surface area contributed by atoms with E-state index in [9.17, 15) is 0 Å². The van der Waals surface area contributed by atoms with Gasteiger partial charge in [0.15, 0.2) is 11.5 Å². The fraction of sp³-hybridized carbons (Fsp3) is 0.133. The first-order valence-electron chi connectivity index (χ1n) is 6.73. The molecule has 6 nitrogen and oxygen atoms in total. The second-order valence-electron chi connectivity index (χ2n) is 4.96. The standard InChI is InChI=1S/C15H12BrN5O/c1-22-7-8-3-2-4-11-12(8)19-15(18-11)13-10-5-9(16)6-17-14(10)21-20-13/h2-6H,7H2,1H3,(H,18,19)(H,17,20,21). The molecule has 0 spiro atoms. The summed E-state index contributed by atoms with van der Waals surface area (Å²) in [5, 5.41) is 8.15. The van der Waals surface area contributed by atoms with Crippen LogP contribution in [0.15, 0.2) is 34.9 Å². The van der Waals surface area contributed by atoms with Crippen LogP contribution in [0.25, 0.3) is 33.6 Å². The lowest BCUT2D eigenvalue weighted by Crippen LogP contribution is -1.88. The summed E-state index contributed by atoms with van der Waals surface area (Å²) in [6.45, 7) is 0.526. The van der Waals surface area contributed by atoms with Crippen molar-refractivity contribution in [2.75, 3.05) is 7.11 Å². The van der Waals surface area contributed by atoms with Crippen LogP contribution in [-0.2, 0) is 11.3 Å². The van der Waals surface area contributed by atoms with Crippen molar-refractivity contribution in [2.24, 2.45) is 0 Å². The zero-order valence-corrected chi connectivity index (χ0v) is 13.3. The van der Waals surface area contributed by atoms with Crippen molar-refractivity contribution in [3.63, 3.8) is 0 Å². The lowest BCUT2D eigenvalue weighted by Gasteiger charge is -1.99. The Balaban J connectivity index is 1.93. The summed E-state index contributed by atoms with van der Waals surface area (Å²) in [4.78, 5) is 12.3. The third-order valence-corrected chi connectivity index (χ3v) is 3.94. The van der Waals surface area contributed by atoms with Gasteiger partial charge in [0.25, 0.3) is 0 Å². The topological polar surface area (TPSA) is 79.5 Å². The summed E-state index contributed by atoms with van der Waals surface area (Å²) < 4.78 is 6.13. The molecule has 7 heteroatoms. The number of aromatic amines is 2. The molecule has 0 fully saturated rings. The zero-order chi connectivity index (χ0) is 15.1. The van der Waals surface area contributed by atoms with E-state index in [1.54, 1.807) is 13.3 Å². The highest BCUT2D eigenvalue weighted by molar-refractivity contribution is 9.10. The molecule has 0 bridgehead atoms. The molecule has 22 heavy (non-hydrogen) atoms. The van der Waals surface area contributed by atoms with Crippen molar-refractivity contribution < 1.29 is 4.74 Å². The molecule has 1 aromatic carbocycles. The van der Waals surface area contributed by atoms with Gasteiger partial charge >= 0.3 is 0 Å². The minimum atomic E-state index is 0.526. The second-order valence-corrected chi connectivity index (χ2v) is 5.87. The van der Waals surface area contributed by atoms with Crippen molar-refractivity contribution in [3.8, 4) is 11.5 Å². The number of aromatic nitrogens is 5. The molecule has 0 aliphatic rings. The van der Waals surface area contributed by atoms with Crippen LogP contribution in [0, 0.1) is 0 Å². The van der Waals surface area contributed by atoms with E-state index in [1.807, 2.05) is 24.3 Å². The fourth-order valence-electron chi connectivity index (χ4n) is 2.54. The quantitative estimate of drug-likeness (QED) is 0.588. The molecule has 0 unspecified atom stereocenters. The van der Waals surface area contributed by atoms with Gasteiger partial charge < -0.3 is 9.72 Å². The van der Waals surface area contributed by atoms with Crippen molar-refractivity contribution in [2.45, 2.75) is 6.61 Å². The summed E-state index contributed by atoms with van der Waals surface area (Å²) in [7, 11) is 1.68. The first-order valence-corrected chi connectivity index (χ1v) is 7.52. The molecule has 0 atom stereocenters. The largest absolute Gasteiger partial charge is 0.380 e.